The van der Waals surface area contributed by atoms with Crippen molar-refractivity contribution < 1.29 is 22.7 Å². The molecule has 126 valence electrons. The maximum atomic E-state index is 12.3. The smallest absolute Gasteiger partial charge is 0.265 e. The molecule has 0 aliphatic carbocycles. The van der Waals surface area contributed by atoms with Crippen molar-refractivity contribution in [2.24, 2.45) is 0 Å². The Labute approximate surface area is 140 Å². The van der Waals surface area contributed by atoms with E-state index >= 15 is 0 Å². The van der Waals surface area contributed by atoms with Crippen LogP contribution >= 0.6 is 0 Å². The molecule has 0 spiro atoms. The zero-order chi connectivity index (χ0) is 17.7. The molecule has 6 nitrogen and oxygen atoms in total. The largest absolute Gasteiger partial charge is 0.380 e. The summed E-state index contributed by atoms with van der Waals surface area (Å²) in [5.74, 6) is -0.908. The van der Waals surface area contributed by atoms with Crippen LogP contribution in [0.1, 0.15) is 33.2 Å². The fourth-order valence-electron chi connectivity index (χ4n) is 2.13. The lowest BCUT2D eigenvalue weighted by Crippen LogP contribution is -2.31. The lowest BCUT2D eigenvalue weighted by Gasteiger charge is -2.10. The molecule has 0 atom stereocenters. The van der Waals surface area contributed by atoms with Crippen molar-refractivity contribution in [1.82, 2.24) is 4.72 Å². The normalized spacial score (nSPS) is 11.1. The van der Waals surface area contributed by atoms with Crippen LogP contribution in [0.25, 0.3) is 0 Å². The highest BCUT2D eigenvalue weighted by Crippen LogP contribution is 2.14. The molecule has 0 heterocycles. The average molecular weight is 347 g/mol. The van der Waals surface area contributed by atoms with Crippen LogP contribution in [-0.4, -0.2) is 27.2 Å². The number of hydrogen-bond acceptors (Lipinski definition) is 5. The monoisotopic (exact) mass is 347 g/mol. The first-order chi connectivity index (χ1) is 11.3. The van der Waals surface area contributed by atoms with Gasteiger partial charge in [-0.05, 0) is 30.7 Å². The lowest BCUT2D eigenvalue weighted by atomic mass is 10.1. The van der Waals surface area contributed by atoms with Gasteiger partial charge in [0.15, 0.2) is 5.78 Å². The highest BCUT2D eigenvalue weighted by atomic mass is 32.2. The Bertz CT molecular complexity index is 857. The molecule has 1 N–H and O–H groups in total. The van der Waals surface area contributed by atoms with Crippen LogP contribution in [0.2, 0.25) is 0 Å². The first-order valence-corrected chi connectivity index (χ1v) is 8.58. The summed E-state index contributed by atoms with van der Waals surface area (Å²) in [5.41, 5.74) is 1.20. The molecular weight excluding hydrogens is 330 g/mol. The minimum Gasteiger partial charge on any atom is -0.380 e. The molecule has 1 amide bonds. The van der Waals surface area contributed by atoms with Crippen molar-refractivity contribution in [3.8, 4) is 0 Å². The summed E-state index contributed by atoms with van der Waals surface area (Å²) >= 11 is 0. The number of nitrogens with one attached hydrogen (secondary N) is 1. The van der Waals surface area contributed by atoms with Crippen LogP contribution in [0.4, 0.5) is 0 Å². The first kappa shape index (κ1) is 17.8. The van der Waals surface area contributed by atoms with Crippen molar-refractivity contribution in [3.63, 3.8) is 0 Å². The molecule has 0 saturated carbocycles. The second kappa shape index (κ2) is 7.37. The van der Waals surface area contributed by atoms with E-state index in [9.17, 15) is 18.0 Å². The summed E-state index contributed by atoms with van der Waals surface area (Å²) in [6.07, 6.45) is 0. The molecule has 0 saturated heterocycles. The summed E-state index contributed by atoms with van der Waals surface area (Å²) in [6.45, 7) is 1.58. The summed E-state index contributed by atoms with van der Waals surface area (Å²) in [5, 5.41) is 0. The number of hydrogen-bond donors (Lipinski definition) is 1. The van der Waals surface area contributed by atoms with Crippen molar-refractivity contribution in [2.45, 2.75) is 18.4 Å². The van der Waals surface area contributed by atoms with Crippen molar-refractivity contribution in [3.05, 3.63) is 65.2 Å². The Morgan fingerprint density at radius 1 is 1.04 bits per heavy atom. The fourth-order valence-corrected chi connectivity index (χ4v) is 3.09. The van der Waals surface area contributed by atoms with Gasteiger partial charge >= 0.3 is 0 Å². The fraction of sp³-hybridized carbons (Fsp3) is 0.176. The highest BCUT2D eigenvalue weighted by molar-refractivity contribution is 7.90. The minimum absolute atomic E-state index is 0.0925. The third-order valence-electron chi connectivity index (χ3n) is 3.36. The van der Waals surface area contributed by atoms with Gasteiger partial charge < -0.3 is 4.74 Å². The number of methoxy groups -OCH3 is 1. The molecule has 0 aromatic heterocycles. The number of Topliss-reactive ketones (excluding diaryl/α,β-unsaturated/α-hetero) is 1. The second-order valence-corrected chi connectivity index (χ2v) is 6.79. The molecule has 2 aromatic rings. The summed E-state index contributed by atoms with van der Waals surface area (Å²) in [7, 11) is -2.55. The maximum Gasteiger partial charge on any atom is 0.265 e. The van der Waals surface area contributed by atoms with Gasteiger partial charge in [-0.1, -0.05) is 30.3 Å². The third kappa shape index (κ3) is 4.06. The van der Waals surface area contributed by atoms with Crippen LogP contribution in [0.5, 0.6) is 0 Å². The molecule has 2 aromatic carbocycles. The van der Waals surface area contributed by atoms with Gasteiger partial charge in [0.2, 0.25) is 0 Å². The van der Waals surface area contributed by atoms with Crippen LogP contribution in [0, 0.1) is 0 Å². The average Bonchev–Trinajstić information content (AvgIpc) is 2.55. The number of ketones is 1. The van der Waals surface area contributed by atoms with Crippen molar-refractivity contribution in [1.29, 1.82) is 0 Å². The van der Waals surface area contributed by atoms with Gasteiger partial charge in [0, 0.05) is 18.2 Å². The van der Waals surface area contributed by atoms with E-state index in [0.717, 1.165) is 0 Å². The SMILES string of the molecule is COCc1ccccc1C(=O)NS(=O)(=O)c1ccc(C(C)=O)cc1. The number of carbonyl (C=O) groups is 2. The van der Waals surface area contributed by atoms with Crippen LogP contribution in [-0.2, 0) is 21.4 Å². The van der Waals surface area contributed by atoms with E-state index < -0.39 is 15.9 Å². The molecule has 24 heavy (non-hydrogen) atoms. The topological polar surface area (TPSA) is 89.5 Å². The predicted octanol–water partition coefficient (Wildman–Crippen LogP) is 2.15. The molecule has 0 aliphatic heterocycles. The molecule has 0 bridgehead atoms. The van der Waals surface area contributed by atoms with E-state index in [1.54, 1.807) is 18.2 Å². The van der Waals surface area contributed by atoms with E-state index in [0.29, 0.717) is 11.1 Å². The number of ether oxygens (including phenoxy) is 1. The Morgan fingerprint density at radius 3 is 2.25 bits per heavy atom. The number of carbonyl (C=O) groups excluding carboxylic acids is 2. The molecule has 0 aliphatic rings. The van der Waals surface area contributed by atoms with E-state index in [-0.39, 0.29) is 22.8 Å². The lowest BCUT2D eigenvalue weighted by molar-refractivity contribution is 0.0974. The standard InChI is InChI=1S/C17H17NO5S/c1-12(19)13-7-9-15(10-8-13)24(21,22)18-17(20)16-6-4-3-5-14(16)11-23-2/h3-10H,11H2,1-2H3,(H,18,20). The zero-order valence-electron chi connectivity index (χ0n) is 13.3. The van der Waals surface area contributed by atoms with Crippen LogP contribution < -0.4 is 4.72 Å². The van der Waals surface area contributed by atoms with E-state index in [1.807, 2.05) is 4.72 Å². The number of rotatable bonds is 6. The Kier molecular flexibility index (Phi) is 5.48. The van der Waals surface area contributed by atoms with Gasteiger partial charge in [0.1, 0.15) is 0 Å². The predicted molar refractivity (Wildman–Crippen MR) is 88.3 cm³/mol. The quantitative estimate of drug-likeness (QED) is 0.809. The number of benzene rings is 2. The third-order valence-corrected chi connectivity index (χ3v) is 4.71. The molecule has 0 fully saturated rings. The molecule has 0 radical (unpaired) electrons. The molecular formula is C17H17NO5S. The van der Waals surface area contributed by atoms with Crippen molar-refractivity contribution in [2.75, 3.05) is 7.11 Å². The van der Waals surface area contributed by atoms with Gasteiger partial charge in [0.25, 0.3) is 15.9 Å². The van der Waals surface area contributed by atoms with Crippen molar-refractivity contribution >= 4 is 21.7 Å². The second-order valence-electron chi connectivity index (χ2n) is 5.11. The summed E-state index contributed by atoms with van der Waals surface area (Å²) in [6, 6.07) is 12.0. The Balaban J connectivity index is 2.26. The number of sulfonamides is 1. The van der Waals surface area contributed by atoms with Gasteiger partial charge in [-0.15, -0.1) is 0 Å². The van der Waals surface area contributed by atoms with E-state index in [4.69, 9.17) is 4.74 Å². The zero-order valence-corrected chi connectivity index (χ0v) is 14.1. The molecule has 7 heteroatoms. The summed E-state index contributed by atoms with van der Waals surface area (Å²) < 4.78 is 31.7. The maximum absolute atomic E-state index is 12.3. The first-order valence-electron chi connectivity index (χ1n) is 7.10. The van der Waals surface area contributed by atoms with Gasteiger partial charge in [0.05, 0.1) is 11.5 Å². The molecule has 0 unspecified atom stereocenters. The van der Waals surface area contributed by atoms with E-state index in [2.05, 4.69) is 0 Å². The Morgan fingerprint density at radius 2 is 1.67 bits per heavy atom. The number of amides is 1. The van der Waals surface area contributed by atoms with Gasteiger partial charge in [-0.3, -0.25) is 9.59 Å². The van der Waals surface area contributed by atoms with Gasteiger partial charge in [-0.2, -0.15) is 0 Å². The highest BCUT2D eigenvalue weighted by Gasteiger charge is 2.20. The Hall–Kier alpha value is -2.51. The van der Waals surface area contributed by atoms with E-state index in [1.165, 1.54) is 44.4 Å². The van der Waals surface area contributed by atoms with Crippen LogP contribution in [0.15, 0.2) is 53.4 Å². The van der Waals surface area contributed by atoms with Crippen LogP contribution in [0.3, 0.4) is 0 Å². The van der Waals surface area contributed by atoms with Gasteiger partial charge in [-0.25, -0.2) is 13.1 Å². The minimum atomic E-state index is -4.03. The molecule has 2 rings (SSSR count). The summed E-state index contributed by atoms with van der Waals surface area (Å²) in [4.78, 5) is 23.4.